The van der Waals surface area contributed by atoms with Gasteiger partial charge in [-0.1, -0.05) is 106 Å². The predicted octanol–water partition coefficient (Wildman–Crippen LogP) is 13.0. The van der Waals surface area contributed by atoms with Gasteiger partial charge >= 0.3 is 194 Å². The summed E-state index contributed by atoms with van der Waals surface area (Å²) in [5.41, 5.74) is 7.42. The molecule has 0 saturated heterocycles. The third kappa shape index (κ3) is 15.1. The van der Waals surface area contributed by atoms with E-state index in [1.807, 2.05) is 15.5 Å². The summed E-state index contributed by atoms with van der Waals surface area (Å²) in [6.45, 7) is 12.9. The van der Waals surface area contributed by atoms with E-state index in [2.05, 4.69) is 121 Å². The van der Waals surface area contributed by atoms with Crippen LogP contribution in [-0.4, -0.2) is 13.3 Å². The normalized spacial score (nSPS) is 15.9. The SMILES string of the molecule is CCCCCCCCCCCCCCCCCC[NH][Hf]([CH3])([SiH2]c1ccccc1)[C]1=C(C)C(C)=C(C)C1C.c1ccc(-c2ccccc2)cc1. The molecule has 3 aromatic rings. The van der Waals surface area contributed by atoms with Crippen LogP contribution in [0.2, 0.25) is 4.68 Å². The topological polar surface area (TPSA) is 12.0 Å². The van der Waals surface area contributed by atoms with Gasteiger partial charge in [-0.2, -0.15) is 0 Å². The molecule has 0 amide bonds. The number of hydrogen-bond donors (Lipinski definition) is 1. The number of rotatable bonds is 22. The van der Waals surface area contributed by atoms with Crippen LogP contribution < -0.4 is 8.49 Å². The van der Waals surface area contributed by atoms with E-state index in [0.29, 0.717) is 5.92 Å². The molecule has 0 aliphatic heterocycles. The van der Waals surface area contributed by atoms with Crippen molar-refractivity contribution in [3.8, 4) is 11.1 Å². The molecule has 2 atom stereocenters. The Morgan fingerprint density at radius 3 is 1.31 bits per heavy atom. The van der Waals surface area contributed by atoms with E-state index >= 15 is 0 Å². The van der Waals surface area contributed by atoms with Gasteiger partial charge in [-0.15, -0.1) is 0 Å². The van der Waals surface area contributed by atoms with Crippen molar-refractivity contribution in [1.82, 2.24) is 3.30 Å². The summed E-state index contributed by atoms with van der Waals surface area (Å²) >= 11 is -2.73. The van der Waals surface area contributed by atoms with E-state index in [1.54, 1.807) is 21.9 Å². The van der Waals surface area contributed by atoms with Crippen LogP contribution in [0.4, 0.5) is 0 Å². The van der Waals surface area contributed by atoms with Gasteiger partial charge in [0.25, 0.3) is 0 Å². The molecule has 0 spiro atoms. The van der Waals surface area contributed by atoms with Gasteiger partial charge < -0.3 is 0 Å². The molecule has 0 aromatic heterocycles. The zero-order valence-corrected chi connectivity index (χ0v) is 37.5. The molecule has 4 rings (SSSR count). The van der Waals surface area contributed by atoms with Crippen LogP contribution in [0.3, 0.4) is 0 Å². The van der Waals surface area contributed by atoms with Crippen LogP contribution in [0, 0.1) is 5.92 Å². The fraction of sp³-hybridized carbons (Fsp3) is 0.522. The number of hydrogen-bond acceptors (Lipinski definition) is 1. The maximum absolute atomic E-state index is 4.34. The smallest absolute Gasteiger partial charge is 0.0184 e. The zero-order valence-electron chi connectivity index (χ0n) is 32.5. The monoisotopic (exact) mass is 845 g/mol. The predicted molar refractivity (Wildman–Crippen MR) is 220 cm³/mol. The Bertz CT molecular complexity index is 1310. The first-order valence-corrected chi connectivity index (χ1v) is 36.4. The molecule has 49 heavy (non-hydrogen) atoms. The van der Waals surface area contributed by atoms with Gasteiger partial charge in [-0.25, -0.2) is 0 Å². The van der Waals surface area contributed by atoms with Crippen LogP contribution >= 0.6 is 0 Å². The molecule has 0 saturated carbocycles. The number of unbranched alkanes of at least 4 members (excludes halogenated alkanes) is 15. The Hall–Kier alpha value is -1.81. The van der Waals surface area contributed by atoms with Gasteiger partial charge in [0.1, 0.15) is 0 Å². The molecule has 1 nitrogen and oxygen atoms in total. The van der Waals surface area contributed by atoms with E-state index < -0.39 is 19.4 Å². The van der Waals surface area contributed by atoms with Crippen LogP contribution in [0.1, 0.15) is 137 Å². The number of allylic oxidation sites excluding steroid dienone is 4. The quantitative estimate of drug-likeness (QED) is 0.0785. The second-order valence-electron chi connectivity index (χ2n) is 15.0. The van der Waals surface area contributed by atoms with E-state index in [1.165, 1.54) is 120 Å². The summed E-state index contributed by atoms with van der Waals surface area (Å²) in [5, 5.41) is 1.67. The number of nitrogens with one attached hydrogen (secondary N) is 1. The van der Waals surface area contributed by atoms with Crippen molar-refractivity contribution in [3.05, 3.63) is 111 Å². The minimum atomic E-state index is -2.73. The largest absolute Gasteiger partial charge is 0.0622 e. The number of benzene rings is 3. The van der Waals surface area contributed by atoms with E-state index in [9.17, 15) is 0 Å². The summed E-state index contributed by atoms with van der Waals surface area (Å²) in [6, 6.07) is 32.3. The Morgan fingerprint density at radius 1 is 0.531 bits per heavy atom. The fourth-order valence-electron chi connectivity index (χ4n) is 7.81. The minimum Gasteiger partial charge on any atom is -0.0622 e. The molecule has 0 heterocycles. The van der Waals surface area contributed by atoms with Gasteiger partial charge in [0.15, 0.2) is 0 Å². The molecule has 268 valence electrons. The fourth-order valence-corrected chi connectivity index (χ4v) is 41.5. The third-order valence-corrected chi connectivity index (χ3v) is 40.7. The summed E-state index contributed by atoms with van der Waals surface area (Å²) in [7, 11) is 0. The van der Waals surface area contributed by atoms with Gasteiger partial charge in [0.05, 0.1) is 0 Å². The van der Waals surface area contributed by atoms with Crippen molar-refractivity contribution in [1.29, 1.82) is 0 Å². The molecule has 1 aliphatic carbocycles. The van der Waals surface area contributed by atoms with E-state index in [-0.39, 0.29) is 6.71 Å². The molecular weight excluding hydrogens is 773 g/mol. The molecule has 2 unspecified atom stereocenters. The maximum atomic E-state index is 4.34. The molecule has 0 bridgehead atoms. The Kier molecular flexibility index (Phi) is 20.7. The zero-order chi connectivity index (χ0) is 35.2. The van der Waals surface area contributed by atoms with E-state index in [0.717, 1.165) is 0 Å². The summed E-state index contributed by atoms with van der Waals surface area (Å²) < 4.78 is 8.97. The first-order valence-electron chi connectivity index (χ1n) is 20.2. The van der Waals surface area contributed by atoms with Crippen LogP contribution in [-0.2, 0) is 19.4 Å². The van der Waals surface area contributed by atoms with Gasteiger partial charge in [-0.05, 0) is 11.1 Å². The van der Waals surface area contributed by atoms with Crippen molar-refractivity contribution in [3.63, 3.8) is 0 Å². The van der Waals surface area contributed by atoms with Gasteiger partial charge in [0.2, 0.25) is 0 Å². The Morgan fingerprint density at radius 2 is 0.918 bits per heavy atom. The molecular formula is C46H71HfNSi. The molecule has 0 fully saturated rings. The molecule has 1 N–H and O–H groups in total. The van der Waals surface area contributed by atoms with Crippen molar-refractivity contribution in [2.24, 2.45) is 5.92 Å². The van der Waals surface area contributed by atoms with Crippen LogP contribution in [0.15, 0.2) is 111 Å². The third-order valence-electron chi connectivity index (χ3n) is 11.1. The summed E-state index contributed by atoms with van der Waals surface area (Å²) in [6.07, 6.45) is 23.1. The first kappa shape index (κ1) is 41.6. The maximum Gasteiger partial charge on any atom is -0.0184 e. The average molecular weight is 845 g/mol. The molecule has 1 aliphatic rings. The van der Waals surface area contributed by atoms with Gasteiger partial charge in [0, 0.05) is 0 Å². The van der Waals surface area contributed by atoms with Crippen molar-refractivity contribution >= 4 is 11.9 Å². The second kappa shape index (κ2) is 24.4. The average Bonchev–Trinajstić information content (AvgIpc) is 3.33. The molecule has 3 heteroatoms. The standard InChI is InChI=1S/C18H38N.C12H10.C9H13.C6H7Si.CH3.Hf/c1-2-3-4-5-6-7-8-9-10-11-12-13-14-15-16-17-18-19;1-3-7-11(8-4-1)12-9-5-2-6-10-12;1-6-5-7(2)9(4)8(6)3;7-6-4-2-1-3-5-6;;/h19H,2-18H2,1H3;1-10H;6H,1-4H3;1-5H,7H2;1H3;/q-1;;;;;+1. The summed E-state index contributed by atoms with van der Waals surface area (Å²) in [5.74, 6) is 0.668. The van der Waals surface area contributed by atoms with Crippen LogP contribution in [0.25, 0.3) is 11.1 Å². The first-order chi connectivity index (χ1) is 23.9. The minimum absolute atomic E-state index is 0.273. The van der Waals surface area contributed by atoms with Crippen molar-refractivity contribution in [2.75, 3.05) is 6.54 Å². The van der Waals surface area contributed by atoms with Crippen molar-refractivity contribution in [2.45, 2.75) is 142 Å². The molecule has 3 aromatic carbocycles. The Balaban J connectivity index is 0.000000449. The molecule has 0 radical (unpaired) electrons. The van der Waals surface area contributed by atoms with Crippen LogP contribution in [0.5, 0.6) is 0 Å². The van der Waals surface area contributed by atoms with E-state index in [4.69, 9.17) is 0 Å². The summed E-state index contributed by atoms with van der Waals surface area (Å²) in [4.78, 5) is 0. The van der Waals surface area contributed by atoms with Gasteiger partial charge in [-0.3, -0.25) is 0 Å². The Labute approximate surface area is 309 Å². The van der Waals surface area contributed by atoms with Crippen molar-refractivity contribution < 1.29 is 19.4 Å². The second-order valence-corrected chi connectivity index (χ2v) is 44.4.